The number of hydrogen-bond donors (Lipinski definition) is 1. The molecule has 1 aliphatic heterocycles. The number of nitrogens with two attached hydrogens (primary N) is 1. The summed E-state index contributed by atoms with van der Waals surface area (Å²) in [5, 5.41) is 2.32. The van der Waals surface area contributed by atoms with E-state index in [0.717, 1.165) is 32.1 Å². The van der Waals surface area contributed by atoms with Crippen molar-refractivity contribution in [1.82, 2.24) is 0 Å². The molecule has 1 aliphatic rings. The van der Waals surface area contributed by atoms with E-state index in [9.17, 15) is 0 Å². The molecule has 0 unspecified atom stereocenters. The zero-order valence-electron chi connectivity index (χ0n) is 14.6. The zero-order chi connectivity index (χ0) is 15.9. The largest absolute Gasteiger partial charge is 0.487 e. The van der Waals surface area contributed by atoms with Crippen LogP contribution in [-0.4, -0.2) is 32.4 Å². The van der Waals surface area contributed by atoms with E-state index in [0.29, 0.717) is 17.9 Å². The Hall–Kier alpha value is -1.06. The minimum absolute atomic E-state index is 0.453. The molecule has 1 aromatic carbocycles. The van der Waals surface area contributed by atoms with E-state index in [4.69, 9.17) is 9.47 Å². The second-order valence-corrected chi connectivity index (χ2v) is 6.87. The van der Waals surface area contributed by atoms with E-state index in [2.05, 4.69) is 51.2 Å². The highest BCUT2D eigenvalue weighted by Crippen LogP contribution is 2.34. The Balaban J connectivity index is 1.87. The molecule has 0 aliphatic carbocycles. The molecule has 3 nitrogen and oxygen atoms in total. The van der Waals surface area contributed by atoms with Crippen LogP contribution in [0.5, 0.6) is 5.75 Å². The third kappa shape index (κ3) is 4.72. The Labute approximate surface area is 135 Å². The van der Waals surface area contributed by atoms with Crippen LogP contribution in [0.4, 0.5) is 0 Å². The monoisotopic (exact) mass is 306 g/mol. The molecule has 0 aromatic heterocycles. The summed E-state index contributed by atoms with van der Waals surface area (Å²) in [5.41, 5.74) is 2.65. The van der Waals surface area contributed by atoms with Gasteiger partial charge in [0.25, 0.3) is 0 Å². The highest BCUT2D eigenvalue weighted by atomic mass is 16.5. The number of ether oxygens (including phenoxy) is 2. The lowest BCUT2D eigenvalue weighted by molar-refractivity contribution is -0.661. The maximum Gasteiger partial charge on any atom is 0.137 e. The molecule has 124 valence electrons. The van der Waals surface area contributed by atoms with Crippen LogP contribution in [0.2, 0.25) is 0 Å². The summed E-state index contributed by atoms with van der Waals surface area (Å²) >= 11 is 0. The normalized spacial score (nSPS) is 18.4. The maximum absolute atomic E-state index is 6.18. The van der Waals surface area contributed by atoms with Gasteiger partial charge in [0.2, 0.25) is 0 Å². The van der Waals surface area contributed by atoms with Gasteiger partial charge < -0.3 is 14.8 Å². The Morgan fingerprint density at radius 3 is 2.41 bits per heavy atom. The van der Waals surface area contributed by atoms with Crippen molar-refractivity contribution < 1.29 is 14.8 Å². The number of hydrogen-bond acceptors (Lipinski definition) is 2. The van der Waals surface area contributed by atoms with Crippen molar-refractivity contribution in [3.05, 3.63) is 29.3 Å². The molecule has 1 heterocycles. The van der Waals surface area contributed by atoms with Crippen molar-refractivity contribution in [2.75, 3.05) is 26.3 Å². The second kappa shape index (κ2) is 8.54. The first-order valence-corrected chi connectivity index (χ1v) is 8.78. The second-order valence-electron chi connectivity index (χ2n) is 6.87. The van der Waals surface area contributed by atoms with Gasteiger partial charge in [-0.2, -0.15) is 0 Å². The molecule has 0 amide bonds. The lowest BCUT2D eigenvalue weighted by Gasteiger charge is -2.19. The molecular formula is C19H32NO2+. The molecule has 0 spiro atoms. The molecule has 0 bridgehead atoms. The minimum atomic E-state index is 0.453. The van der Waals surface area contributed by atoms with Gasteiger partial charge in [-0.1, -0.05) is 45.9 Å². The lowest BCUT2D eigenvalue weighted by atomic mass is 9.94. The molecule has 1 aromatic rings. The predicted octanol–water partition coefficient (Wildman–Crippen LogP) is 3.05. The molecular weight excluding hydrogens is 274 g/mol. The summed E-state index contributed by atoms with van der Waals surface area (Å²) in [6, 6.07) is 6.55. The lowest BCUT2D eigenvalue weighted by Crippen LogP contribution is -2.87. The summed E-state index contributed by atoms with van der Waals surface area (Å²) < 4.78 is 11.8. The zero-order valence-corrected chi connectivity index (χ0v) is 14.6. The standard InChI is InChI=1S/C19H31NO2/c1-14(2)17-8-5-9-18(15(3)4)19(17)22-12-10-20-13-16-7-6-11-21-16/h5,8-9,14-16,20H,6-7,10-13H2,1-4H3/p+1/t16-/m1/s1. The smallest absolute Gasteiger partial charge is 0.137 e. The maximum atomic E-state index is 6.18. The van der Waals surface area contributed by atoms with Crippen molar-refractivity contribution in [2.45, 2.75) is 58.5 Å². The summed E-state index contributed by atoms with van der Waals surface area (Å²) in [7, 11) is 0. The van der Waals surface area contributed by atoms with E-state index in [1.807, 2.05) is 0 Å². The molecule has 1 fully saturated rings. The van der Waals surface area contributed by atoms with E-state index in [-0.39, 0.29) is 0 Å². The van der Waals surface area contributed by atoms with Crippen LogP contribution in [0.1, 0.15) is 63.5 Å². The van der Waals surface area contributed by atoms with Crippen LogP contribution >= 0.6 is 0 Å². The number of rotatable bonds is 8. The van der Waals surface area contributed by atoms with Crippen LogP contribution in [0.3, 0.4) is 0 Å². The van der Waals surface area contributed by atoms with Gasteiger partial charge in [0.15, 0.2) is 0 Å². The number of benzene rings is 1. The van der Waals surface area contributed by atoms with E-state index < -0.39 is 0 Å². The summed E-state index contributed by atoms with van der Waals surface area (Å²) in [6.45, 7) is 12.7. The third-order valence-corrected chi connectivity index (χ3v) is 4.34. The van der Waals surface area contributed by atoms with Crippen molar-refractivity contribution >= 4 is 0 Å². The van der Waals surface area contributed by atoms with Crippen LogP contribution in [0, 0.1) is 0 Å². The summed E-state index contributed by atoms with van der Waals surface area (Å²) in [5.74, 6) is 2.09. The molecule has 2 N–H and O–H groups in total. The highest BCUT2D eigenvalue weighted by molar-refractivity contribution is 5.44. The van der Waals surface area contributed by atoms with Crippen molar-refractivity contribution in [2.24, 2.45) is 0 Å². The summed E-state index contributed by atoms with van der Waals surface area (Å²) in [6.07, 6.45) is 2.88. The Morgan fingerprint density at radius 1 is 1.18 bits per heavy atom. The molecule has 2 rings (SSSR count). The van der Waals surface area contributed by atoms with Gasteiger partial charge in [0.05, 0.1) is 0 Å². The fraction of sp³-hybridized carbons (Fsp3) is 0.684. The van der Waals surface area contributed by atoms with Gasteiger partial charge in [-0.15, -0.1) is 0 Å². The van der Waals surface area contributed by atoms with E-state index >= 15 is 0 Å². The first-order valence-electron chi connectivity index (χ1n) is 8.78. The Morgan fingerprint density at radius 2 is 1.86 bits per heavy atom. The molecule has 22 heavy (non-hydrogen) atoms. The van der Waals surface area contributed by atoms with Crippen LogP contribution < -0.4 is 10.1 Å². The number of quaternary nitrogens is 1. The van der Waals surface area contributed by atoms with Crippen molar-refractivity contribution in [3.8, 4) is 5.75 Å². The fourth-order valence-electron chi connectivity index (χ4n) is 3.03. The van der Waals surface area contributed by atoms with Crippen LogP contribution in [0.25, 0.3) is 0 Å². The Bertz CT molecular complexity index is 424. The van der Waals surface area contributed by atoms with Crippen molar-refractivity contribution in [3.63, 3.8) is 0 Å². The molecule has 0 radical (unpaired) electrons. The minimum Gasteiger partial charge on any atom is -0.487 e. The van der Waals surface area contributed by atoms with Crippen LogP contribution in [-0.2, 0) is 4.74 Å². The Kier molecular flexibility index (Phi) is 6.71. The average Bonchev–Trinajstić information content (AvgIpc) is 2.99. The highest BCUT2D eigenvalue weighted by Gasteiger charge is 2.17. The van der Waals surface area contributed by atoms with Crippen LogP contribution in [0.15, 0.2) is 18.2 Å². The SMILES string of the molecule is CC(C)c1cccc(C(C)C)c1OCC[NH2+]C[C@H]1CCCO1. The van der Waals surface area contributed by atoms with Gasteiger partial charge in [-0.25, -0.2) is 0 Å². The first kappa shape index (κ1) is 17.3. The predicted molar refractivity (Wildman–Crippen MR) is 90.7 cm³/mol. The van der Waals surface area contributed by atoms with Gasteiger partial charge in [0, 0.05) is 6.61 Å². The quantitative estimate of drug-likeness (QED) is 0.749. The number of para-hydroxylation sites is 1. The fourth-order valence-corrected chi connectivity index (χ4v) is 3.03. The molecule has 0 saturated carbocycles. The van der Waals surface area contributed by atoms with Gasteiger partial charge in [-0.05, 0) is 35.8 Å². The average molecular weight is 306 g/mol. The molecule has 1 saturated heterocycles. The van der Waals surface area contributed by atoms with Gasteiger partial charge in [0.1, 0.15) is 31.5 Å². The molecule has 1 atom stereocenters. The van der Waals surface area contributed by atoms with E-state index in [1.165, 1.54) is 24.0 Å². The first-order chi connectivity index (χ1) is 10.6. The topological polar surface area (TPSA) is 35.1 Å². The van der Waals surface area contributed by atoms with E-state index in [1.54, 1.807) is 0 Å². The summed E-state index contributed by atoms with van der Waals surface area (Å²) in [4.78, 5) is 0. The van der Waals surface area contributed by atoms with Gasteiger partial charge in [-0.3, -0.25) is 0 Å². The van der Waals surface area contributed by atoms with Gasteiger partial charge >= 0.3 is 0 Å². The van der Waals surface area contributed by atoms with Crippen molar-refractivity contribution in [1.29, 1.82) is 0 Å². The third-order valence-electron chi connectivity index (χ3n) is 4.34. The molecule has 3 heteroatoms.